The maximum absolute atomic E-state index is 12.7. The molecule has 2 aromatic rings. The van der Waals surface area contributed by atoms with Crippen LogP contribution >= 0.6 is 0 Å². The van der Waals surface area contributed by atoms with Crippen LogP contribution in [0, 0.1) is 13.8 Å². The molecule has 0 aliphatic carbocycles. The number of amides is 2. The van der Waals surface area contributed by atoms with Crippen LogP contribution in [0.4, 0.5) is 0 Å². The average molecular weight is 361 g/mol. The summed E-state index contributed by atoms with van der Waals surface area (Å²) in [6, 6.07) is 15.5. The molecular weight excluding hydrogens is 338 g/mol. The number of aryl methyl sites for hydroxylation is 2. The van der Waals surface area contributed by atoms with Gasteiger partial charge in [0.05, 0.1) is 0 Å². The third-order valence-electron chi connectivity index (χ3n) is 5.35. The summed E-state index contributed by atoms with van der Waals surface area (Å²) in [5, 5.41) is 3.06. The van der Waals surface area contributed by atoms with Gasteiger partial charge in [0.1, 0.15) is 11.4 Å². The van der Waals surface area contributed by atoms with Crippen molar-refractivity contribution in [2.45, 2.75) is 32.4 Å². The number of nitrogens with zero attached hydrogens (tertiary/aromatic N) is 2. The Kier molecular flexibility index (Phi) is 4.30. The molecule has 1 saturated heterocycles. The van der Waals surface area contributed by atoms with Gasteiger partial charge in [0.2, 0.25) is 0 Å². The van der Waals surface area contributed by atoms with Gasteiger partial charge in [-0.15, -0.1) is 0 Å². The number of rotatable bonds is 2. The van der Waals surface area contributed by atoms with Crippen molar-refractivity contribution in [1.29, 1.82) is 0 Å². The molecule has 4 rings (SSSR count). The first kappa shape index (κ1) is 17.5. The van der Waals surface area contributed by atoms with Crippen molar-refractivity contribution < 1.29 is 9.59 Å². The highest BCUT2D eigenvalue weighted by Gasteiger charge is 2.42. The molecular formula is C22H23N3O2. The van der Waals surface area contributed by atoms with Gasteiger partial charge in [-0.1, -0.05) is 47.5 Å². The number of carbonyl (C=O) groups excluding carboxylic acids is 2. The Morgan fingerprint density at radius 3 is 2.41 bits per heavy atom. The van der Waals surface area contributed by atoms with Gasteiger partial charge in [0.15, 0.2) is 0 Å². The fraction of sp³-hybridized carbons (Fsp3) is 0.318. The molecule has 138 valence electrons. The molecule has 2 aliphatic heterocycles. The Morgan fingerprint density at radius 2 is 1.74 bits per heavy atom. The number of hydrogen-bond acceptors (Lipinski definition) is 3. The zero-order valence-corrected chi connectivity index (χ0v) is 15.7. The third kappa shape index (κ3) is 3.37. The van der Waals surface area contributed by atoms with Crippen LogP contribution in [0.1, 0.15) is 39.9 Å². The molecule has 0 aromatic heterocycles. The van der Waals surface area contributed by atoms with Crippen LogP contribution in [0.2, 0.25) is 0 Å². The lowest BCUT2D eigenvalue weighted by atomic mass is 9.97. The molecule has 5 nitrogen and oxygen atoms in total. The highest BCUT2D eigenvalue weighted by Crippen LogP contribution is 2.29. The summed E-state index contributed by atoms with van der Waals surface area (Å²) >= 11 is 0. The number of carbonyl (C=O) groups is 2. The van der Waals surface area contributed by atoms with Crippen LogP contribution in [0.15, 0.2) is 53.5 Å². The molecule has 2 heterocycles. The van der Waals surface area contributed by atoms with Gasteiger partial charge in [0, 0.05) is 37.1 Å². The third-order valence-corrected chi connectivity index (χ3v) is 5.35. The maximum atomic E-state index is 12.7. The van der Waals surface area contributed by atoms with E-state index < -0.39 is 5.66 Å². The lowest BCUT2D eigenvalue weighted by molar-refractivity contribution is -0.115. The molecule has 0 radical (unpaired) electrons. The SMILES string of the molecule is Cc1ccc(C2=NC3(CCN(C(=O)c4cccc(C)c4)CC3)NC2=O)cc1. The average Bonchev–Trinajstić information content (AvgIpc) is 2.98. The van der Waals surface area contributed by atoms with Crippen LogP contribution in [-0.4, -0.2) is 41.2 Å². The summed E-state index contributed by atoms with van der Waals surface area (Å²) in [7, 11) is 0. The zero-order chi connectivity index (χ0) is 19.0. The van der Waals surface area contributed by atoms with Crippen molar-refractivity contribution in [3.63, 3.8) is 0 Å². The van der Waals surface area contributed by atoms with Gasteiger partial charge in [0.25, 0.3) is 11.8 Å². The standard InChI is InChI=1S/C22H23N3O2/c1-15-6-8-17(9-7-15)19-20(26)24-22(23-19)10-12-25(13-11-22)21(27)18-5-3-4-16(2)14-18/h3-9,14H,10-13H2,1-2H3,(H,24,26). The van der Waals surface area contributed by atoms with Crippen LogP contribution in [0.25, 0.3) is 0 Å². The van der Waals surface area contributed by atoms with Crippen molar-refractivity contribution >= 4 is 17.5 Å². The van der Waals surface area contributed by atoms with E-state index in [1.165, 1.54) is 0 Å². The molecule has 0 unspecified atom stereocenters. The molecule has 1 fully saturated rings. The fourth-order valence-electron chi connectivity index (χ4n) is 3.75. The molecule has 0 atom stereocenters. The van der Waals surface area contributed by atoms with Crippen molar-refractivity contribution in [2.75, 3.05) is 13.1 Å². The topological polar surface area (TPSA) is 61.8 Å². The number of benzene rings is 2. The van der Waals surface area contributed by atoms with E-state index in [4.69, 9.17) is 4.99 Å². The van der Waals surface area contributed by atoms with E-state index >= 15 is 0 Å². The molecule has 1 spiro atoms. The smallest absolute Gasteiger partial charge is 0.272 e. The lowest BCUT2D eigenvalue weighted by Gasteiger charge is -2.37. The van der Waals surface area contributed by atoms with Gasteiger partial charge in [-0.2, -0.15) is 0 Å². The first-order chi connectivity index (χ1) is 13.0. The van der Waals surface area contributed by atoms with Crippen LogP contribution in [0.3, 0.4) is 0 Å². The summed E-state index contributed by atoms with van der Waals surface area (Å²) in [6.45, 7) is 5.16. The molecule has 27 heavy (non-hydrogen) atoms. The first-order valence-electron chi connectivity index (χ1n) is 9.31. The highest BCUT2D eigenvalue weighted by molar-refractivity contribution is 6.46. The van der Waals surface area contributed by atoms with Gasteiger partial charge in [-0.05, 0) is 26.0 Å². The Labute approximate surface area is 159 Å². The lowest BCUT2D eigenvalue weighted by Crippen LogP contribution is -2.52. The van der Waals surface area contributed by atoms with E-state index in [2.05, 4.69) is 5.32 Å². The Balaban J connectivity index is 1.49. The van der Waals surface area contributed by atoms with Crippen LogP contribution in [0.5, 0.6) is 0 Å². The van der Waals surface area contributed by atoms with Crippen molar-refractivity contribution in [3.8, 4) is 0 Å². The second-order valence-corrected chi connectivity index (χ2v) is 7.47. The van der Waals surface area contributed by atoms with Gasteiger partial charge >= 0.3 is 0 Å². The number of aliphatic imine (C=N–C) groups is 1. The van der Waals surface area contributed by atoms with Crippen molar-refractivity contribution in [2.24, 2.45) is 4.99 Å². The molecule has 0 saturated carbocycles. The molecule has 5 heteroatoms. The quantitative estimate of drug-likeness (QED) is 0.894. The molecule has 2 aromatic carbocycles. The second kappa shape index (κ2) is 6.65. The van der Waals surface area contributed by atoms with Gasteiger partial charge in [-0.3, -0.25) is 14.6 Å². The summed E-state index contributed by atoms with van der Waals surface area (Å²) in [5.41, 5.74) is 3.69. The zero-order valence-electron chi connectivity index (χ0n) is 15.7. The summed E-state index contributed by atoms with van der Waals surface area (Å²) in [4.78, 5) is 31.8. The summed E-state index contributed by atoms with van der Waals surface area (Å²) < 4.78 is 0. The number of likely N-dealkylation sites (tertiary alicyclic amines) is 1. The van der Waals surface area contributed by atoms with E-state index in [0.717, 1.165) is 16.7 Å². The van der Waals surface area contributed by atoms with Gasteiger partial charge in [-0.25, -0.2) is 0 Å². The van der Waals surface area contributed by atoms with Crippen molar-refractivity contribution in [1.82, 2.24) is 10.2 Å². The summed E-state index contributed by atoms with van der Waals surface area (Å²) in [5.74, 6) is -0.0853. The van der Waals surface area contributed by atoms with E-state index in [0.29, 0.717) is 37.2 Å². The number of piperidine rings is 1. The maximum Gasteiger partial charge on any atom is 0.272 e. The second-order valence-electron chi connectivity index (χ2n) is 7.47. The number of nitrogens with one attached hydrogen (secondary N) is 1. The Hall–Kier alpha value is -2.95. The van der Waals surface area contributed by atoms with E-state index in [9.17, 15) is 9.59 Å². The minimum absolute atomic E-state index is 0.0422. The van der Waals surface area contributed by atoms with Gasteiger partial charge < -0.3 is 10.2 Å². The predicted octanol–water partition coefficient (Wildman–Crippen LogP) is 2.85. The van der Waals surface area contributed by atoms with Crippen LogP contribution in [-0.2, 0) is 4.79 Å². The van der Waals surface area contributed by atoms with Crippen molar-refractivity contribution in [3.05, 3.63) is 70.8 Å². The minimum Gasteiger partial charge on any atom is -0.338 e. The van der Waals surface area contributed by atoms with E-state index in [1.807, 2.05) is 67.3 Å². The molecule has 2 amide bonds. The summed E-state index contributed by atoms with van der Waals surface area (Å²) in [6.07, 6.45) is 1.26. The fourth-order valence-corrected chi connectivity index (χ4v) is 3.75. The normalized spacial score (nSPS) is 18.4. The van der Waals surface area contributed by atoms with E-state index in [-0.39, 0.29) is 11.8 Å². The Bertz CT molecular complexity index is 923. The number of hydrogen-bond donors (Lipinski definition) is 1. The predicted molar refractivity (Wildman–Crippen MR) is 105 cm³/mol. The molecule has 0 bridgehead atoms. The first-order valence-corrected chi connectivity index (χ1v) is 9.31. The largest absolute Gasteiger partial charge is 0.338 e. The molecule has 2 aliphatic rings. The van der Waals surface area contributed by atoms with Crippen LogP contribution < -0.4 is 5.32 Å². The Morgan fingerprint density at radius 1 is 1.04 bits per heavy atom. The monoisotopic (exact) mass is 361 g/mol. The van der Waals surface area contributed by atoms with E-state index in [1.54, 1.807) is 0 Å². The highest BCUT2D eigenvalue weighted by atomic mass is 16.2. The molecule has 1 N–H and O–H groups in total. The minimum atomic E-state index is -0.583.